The summed E-state index contributed by atoms with van der Waals surface area (Å²) in [6.45, 7) is 0. The number of nitrogens with zero attached hydrogens (tertiary/aromatic N) is 1. The van der Waals surface area contributed by atoms with Crippen LogP contribution < -0.4 is 5.73 Å². The highest BCUT2D eigenvalue weighted by atomic mass is 19.4. The van der Waals surface area contributed by atoms with Crippen LogP contribution in [0, 0.1) is 0 Å². The van der Waals surface area contributed by atoms with Crippen molar-refractivity contribution in [2.24, 2.45) is 5.73 Å². The first-order valence-corrected chi connectivity index (χ1v) is 4.58. The average Bonchev–Trinajstić information content (AvgIpc) is 2.02. The molecule has 0 atom stereocenters. The van der Waals surface area contributed by atoms with Crippen LogP contribution in [0.2, 0.25) is 0 Å². The predicted octanol–water partition coefficient (Wildman–Crippen LogP) is 2.22. The Balaban J connectivity index is 2.71. The Morgan fingerprint density at radius 2 is 1.71 bits per heavy atom. The highest BCUT2D eigenvalue weighted by molar-refractivity contribution is 5.72. The number of urea groups is 1. The molecular weight excluding hydrogens is 197 g/mol. The minimum atomic E-state index is -4.64. The zero-order valence-electron chi connectivity index (χ0n) is 7.68. The fourth-order valence-electron chi connectivity index (χ4n) is 1.85. The summed E-state index contributed by atoms with van der Waals surface area (Å²) in [6.07, 6.45) is -1.48. The third-order valence-corrected chi connectivity index (χ3v) is 2.45. The summed E-state index contributed by atoms with van der Waals surface area (Å²) in [7, 11) is 0. The van der Waals surface area contributed by atoms with Gasteiger partial charge in [-0.2, -0.15) is 0 Å². The molecule has 0 aromatic heterocycles. The van der Waals surface area contributed by atoms with Crippen molar-refractivity contribution in [3.63, 3.8) is 0 Å². The topological polar surface area (TPSA) is 46.3 Å². The van der Waals surface area contributed by atoms with Gasteiger partial charge in [-0.25, -0.2) is 9.69 Å². The van der Waals surface area contributed by atoms with Gasteiger partial charge in [-0.3, -0.25) is 0 Å². The van der Waals surface area contributed by atoms with E-state index in [0.29, 0.717) is 12.8 Å². The standard InChI is InChI=1S/C8H13F3N2O/c9-8(10,11)13(7(12)14)6-4-2-1-3-5-6/h6H,1-5H2,(H2,12,14). The van der Waals surface area contributed by atoms with Crippen molar-refractivity contribution in [2.75, 3.05) is 0 Å². The molecule has 0 spiro atoms. The highest BCUT2D eigenvalue weighted by Gasteiger charge is 2.44. The maximum absolute atomic E-state index is 12.4. The van der Waals surface area contributed by atoms with Gasteiger partial charge in [0.15, 0.2) is 0 Å². The van der Waals surface area contributed by atoms with Gasteiger partial charge in [0.05, 0.1) is 0 Å². The SMILES string of the molecule is NC(=O)N(C1CCCCC1)C(F)(F)F. The van der Waals surface area contributed by atoms with Crippen molar-refractivity contribution >= 4 is 6.03 Å². The van der Waals surface area contributed by atoms with Gasteiger partial charge in [-0.1, -0.05) is 19.3 Å². The molecule has 0 aromatic rings. The fourth-order valence-corrected chi connectivity index (χ4v) is 1.85. The van der Waals surface area contributed by atoms with Gasteiger partial charge in [0.25, 0.3) is 0 Å². The lowest BCUT2D eigenvalue weighted by atomic mass is 9.94. The highest BCUT2D eigenvalue weighted by Crippen LogP contribution is 2.30. The number of carbonyl (C=O) groups excluding carboxylic acids is 1. The van der Waals surface area contributed by atoms with Crippen LogP contribution >= 0.6 is 0 Å². The lowest BCUT2D eigenvalue weighted by Gasteiger charge is -2.33. The van der Waals surface area contributed by atoms with E-state index in [0.717, 1.165) is 19.3 Å². The molecule has 0 saturated heterocycles. The zero-order valence-corrected chi connectivity index (χ0v) is 7.68. The molecule has 0 bridgehead atoms. The Labute approximate surface area is 80.0 Å². The van der Waals surface area contributed by atoms with E-state index >= 15 is 0 Å². The van der Waals surface area contributed by atoms with Crippen molar-refractivity contribution in [2.45, 2.75) is 44.4 Å². The Morgan fingerprint density at radius 3 is 2.07 bits per heavy atom. The van der Waals surface area contributed by atoms with E-state index in [1.165, 1.54) is 0 Å². The van der Waals surface area contributed by atoms with Gasteiger partial charge in [0, 0.05) is 6.04 Å². The van der Waals surface area contributed by atoms with Gasteiger partial charge in [0.1, 0.15) is 0 Å². The lowest BCUT2D eigenvalue weighted by molar-refractivity contribution is -0.236. The second-order valence-corrected chi connectivity index (χ2v) is 3.47. The molecule has 2 amide bonds. The van der Waals surface area contributed by atoms with Crippen LogP contribution in [0.15, 0.2) is 0 Å². The van der Waals surface area contributed by atoms with Crippen LogP contribution in [0.3, 0.4) is 0 Å². The van der Waals surface area contributed by atoms with E-state index < -0.39 is 18.4 Å². The minimum absolute atomic E-state index is 0.147. The maximum atomic E-state index is 12.4. The van der Waals surface area contributed by atoms with Crippen LogP contribution in [-0.4, -0.2) is 23.3 Å². The molecule has 14 heavy (non-hydrogen) atoms. The predicted molar refractivity (Wildman–Crippen MR) is 44.4 cm³/mol. The van der Waals surface area contributed by atoms with E-state index in [4.69, 9.17) is 5.73 Å². The van der Waals surface area contributed by atoms with Crippen molar-refractivity contribution in [1.82, 2.24) is 4.90 Å². The Bertz CT molecular complexity index is 211. The monoisotopic (exact) mass is 210 g/mol. The van der Waals surface area contributed by atoms with Crippen LogP contribution in [0.4, 0.5) is 18.0 Å². The number of rotatable bonds is 1. The summed E-state index contributed by atoms with van der Waals surface area (Å²) in [5.41, 5.74) is 4.72. The summed E-state index contributed by atoms with van der Waals surface area (Å²) in [6, 6.07) is -2.16. The average molecular weight is 210 g/mol. The van der Waals surface area contributed by atoms with Crippen LogP contribution in [-0.2, 0) is 0 Å². The molecule has 1 aliphatic carbocycles. The molecule has 1 aliphatic rings. The molecule has 0 radical (unpaired) electrons. The van der Waals surface area contributed by atoms with Crippen LogP contribution in [0.5, 0.6) is 0 Å². The summed E-state index contributed by atoms with van der Waals surface area (Å²) in [5, 5.41) is 0. The molecule has 82 valence electrons. The molecule has 1 fully saturated rings. The molecular formula is C8H13F3N2O. The Hall–Kier alpha value is -0.940. The second-order valence-electron chi connectivity index (χ2n) is 3.47. The molecule has 1 rings (SSSR count). The largest absolute Gasteiger partial charge is 0.488 e. The summed E-state index contributed by atoms with van der Waals surface area (Å²) in [5.74, 6) is 0. The molecule has 1 saturated carbocycles. The fraction of sp³-hybridized carbons (Fsp3) is 0.875. The number of carbonyl (C=O) groups is 1. The lowest BCUT2D eigenvalue weighted by Crippen LogP contribution is -2.52. The first kappa shape index (κ1) is 11.1. The summed E-state index contributed by atoms with van der Waals surface area (Å²) < 4.78 is 37.1. The number of hydrogen-bond acceptors (Lipinski definition) is 1. The molecule has 3 nitrogen and oxygen atoms in total. The number of amides is 2. The molecule has 0 aromatic carbocycles. The Morgan fingerprint density at radius 1 is 1.21 bits per heavy atom. The van der Waals surface area contributed by atoms with Gasteiger partial charge < -0.3 is 5.73 Å². The van der Waals surface area contributed by atoms with Crippen molar-refractivity contribution in [3.8, 4) is 0 Å². The minimum Gasteiger partial charge on any atom is -0.351 e. The molecule has 0 unspecified atom stereocenters. The number of nitrogens with two attached hydrogens (primary N) is 1. The Kier molecular flexibility index (Phi) is 3.23. The van der Waals surface area contributed by atoms with Gasteiger partial charge in [-0.15, -0.1) is 13.2 Å². The second kappa shape index (κ2) is 4.06. The van der Waals surface area contributed by atoms with E-state index in [9.17, 15) is 18.0 Å². The molecule has 2 N–H and O–H groups in total. The van der Waals surface area contributed by atoms with Crippen molar-refractivity contribution < 1.29 is 18.0 Å². The number of primary amides is 1. The van der Waals surface area contributed by atoms with Crippen molar-refractivity contribution in [3.05, 3.63) is 0 Å². The summed E-state index contributed by atoms with van der Waals surface area (Å²) >= 11 is 0. The van der Waals surface area contributed by atoms with Gasteiger partial charge in [-0.05, 0) is 12.8 Å². The molecule has 6 heteroatoms. The van der Waals surface area contributed by atoms with E-state index in [2.05, 4.69) is 0 Å². The van der Waals surface area contributed by atoms with Gasteiger partial charge in [0.2, 0.25) is 0 Å². The molecule has 0 aliphatic heterocycles. The summed E-state index contributed by atoms with van der Waals surface area (Å²) in [4.78, 5) is 10.5. The van der Waals surface area contributed by atoms with Crippen molar-refractivity contribution in [1.29, 1.82) is 0 Å². The first-order chi connectivity index (χ1) is 6.43. The van der Waals surface area contributed by atoms with Crippen LogP contribution in [0.25, 0.3) is 0 Å². The third-order valence-electron chi connectivity index (χ3n) is 2.45. The molecule has 0 heterocycles. The quantitative estimate of drug-likeness (QED) is 0.663. The van der Waals surface area contributed by atoms with E-state index in [1.54, 1.807) is 0 Å². The van der Waals surface area contributed by atoms with E-state index in [-0.39, 0.29) is 4.90 Å². The third kappa shape index (κ3) is 2.52. The van der Waals surface area contributed by atoms with Gasteiger partial charge >= 0.3 is 12.3 Å². The smallest absolute Gasteiger partial charge is 0.351 e. The zero-order chi connectivity index (χ0) is 10.8. The van der Waals surface area contributed by atoms with Crippen LogP contribution in [0.1, 0.15) is 32.1 Å². The number of halogens is 3. The first-order valence-electron chi connectivity index (χ1n) is 4.58. The maximum Gasteiger partial charge on any atom is 0.488 e. The normalized spacial score (nSPS) is 19.4. The van der Waals surface area contributed by atoms with E-state index in [1.807, 2.05) is 0 Å². The number of alkyl halides is 3. The number of hydrogen-bond donors (Lipinski definition) is 1.